The van der Waals surface area contributed by atoms with Gasteiger partial charge in [0.2, 0.25) is 0 Å². The smallest absolute Gasteiger partial charge is 0.0614 e. The molecule has 1 unspecified atom stereocenters. The van der Waals surface area contributed by atoms with Gasteiger partial charge in [0.05, 0.1) is 6.61 Å². The maximum atomic E-state index is 5.35. The number of rotatable bonds is 3. The third kappa shape index (κ3) is 9.51. The quantitative estimate of drug-likeness (QED) is 0.628. The standard InChI is InChI=1S/C5H13NO.ClH/c1-3-7-4-5(2)6;/h5H,3-4,6H2,1-2H3;1H. The van der Waals surface area contributed by atoms with Crippen molar-refractivity contribution in [2.45, 2.75) is 19.9 Å². The Hall–Kier alpha value is 0.210. The van der Waals surface area contributed by atoms with E-state index < -0.39 is 0 Å². The number of nitrogens with two attached hydrogens (primary N) is 1. The number of hydrogen-bond donors (Lipinski definition) is 1. The molecule has 0 radical (unpaired) electrons. The van der Waals surface area contributed by atoms with E-state index in [-0.39, 0.29) is 18.4 Å². The summed E-state index contributed by atoms with van der Waals surface area (Å²) in [6.07, 6.45) is 0. The molecular formula is C5H14ClNO. The molecule has 0 aliphatic carbocycles. The van der Waals surface area contributed by atoms with Crippen LogP contribution in [0.25, 0.3) is 0 Å². The van der Waals surface area contributed by atoms with Crippen LogP contribution in [0.3, 0.4) is 0 Å². The second-order valence-corrected chi connectivity index (χ2v) is 1.64. The van der Waals surface area contributed by atoms with Crippen LogP contribution in [-0.2, 0) is 4.74 Å². The molecule has 0 saturated carbocycles. The fourth-order valence-electron chi connectivity index (χ4n) is 0.304. The molecule has 2 N–H and O–H groups in total. The van der Waals surface area contributed by atoms with Gasteiger partial charge in [-0.2, -0.15) is 0 Å². The van der Waals surface area contributed by atoms with Gasteiger partial charge in [0, 0.05) is 12.6 Å². The average Bonchev–Trinajstić information content (AvgIpc) is 1.61. The van der Waals surface area contributed by atoms with Crippen molar-refractivity contribution in [2.24, 2.45) is 5.73 Å². The minimum atomic E-state index is 0. The Morgan fingerprint density at radius 2 is 2.12 bits per heavy atom. The summed E-state index contributed by atoms with van der Waals surface area (Å²) in [4.78, 5) is 0. The molecule has 52 valence electrons. The normalized spacial score (nSPS) is 12.4. The van der Waals surface area contributed by atoms with Crippen LogP contribution in [0.1, 0.15) is 13.8 Å². The summed E-state index contributed by atoms with van der Waals surface area (Å²) in [5.41, 5.74) is 5.35. The fourth-order valence-corrected chi connectivity index (χ4v) is 0.304. The Labute approximate surface area is 56.8 Å². The lowest BCUT2D eigenvalue weighted by Crippen LogP contribution is -2.21. The van der Waals surface area contributed by atoms with Gasteiger partial charge in [0.15, 0.2) is 0 Å². The molecule has 0 rings (SSSR count). The van der Waals surface area contributed by atoms with E-state index >= 15 is 0 Å². The zero-order chi connectivity index (χ0) is 5.70. The van der Waals surface area contributed by atoms with Crippen LogP contribution in [0.2, 0.25) is 0 Å². The molecule has 0 spiro atoms. The van der Waals surface area contributed by atoms with Crippen LogP contribution >= 0.6 is 12.4 Å². The minimum absolute atomic E-state index is 0. The van der Waals surface area contributed by atoms with Gasteiger partial charge in [0.25, 0.3) is 0 Å². The lowest BCUT2D eigenvalue weighted by atomic mass is 10.4. The summed E-state index contributed by atoms with van der Waals surface area (Å²) < 4.78 is 4.97. The van der Waals surface area contributed by atoms with E-state index in [0.717, 1.165) is 6.61 Å². The molecule has 0 heterocycles. The predicted molar refractivity (Wildman–Crippen MR) is 37.4 cm³/mol. The summed E-state index contributed by atoms with van der Waals surface area (Å²) >= 11 is 0. The average molecular weight is 140 g/mol. The molecule has 0 aliphatic heterocycles. The summed E-state index contributed by atoms with van der Waals surface area (Å²) in [6, 6.07) is 0.181. The Morgan fingerprint density at radius 3 is 2.25 bits per heavy atom. The van der Waals surface area contributed by atoms with Crippen molar-refractivity contribution in [3.8, 4) is 0 Å². The van der Waals surface area contributed by atoms with Crippen LogP contribution in [0, 0.1) is 0 Å². The van der Waals surface area contributed by atoms with Crippen molar-refractivity contribution in [3.05, 3.63) is 0 Å². The maximum absolute atomic E-state index is 5.35. The number of ether oxygens (including phenoxy) is 1. The second-order valence-electron chi connectivity index (χ2n) is 1.64. The van der Waals surface area contributed by atoms with Crippen molar-refractivity contribution in [3.63, 3.8) is 0 Å². The highest BCUT2D eigenvalue weighted by atomic mass is 35.5. The van der Waals surface area contributed by atoms with Crippen molar-refractivity contribution < 1.29 is 4.74 Å². The third-order valence-corrected chi connectivity index (χ3v) is 0.585. The lowest BCUT2D eigenvalue weighted by molar-refractivity contribution is 0.137. The van der Waals surface area contributed by atoms with E-state index in [0.29, 0.717) is 6.61 Å². The van der Waals surface area contributed by atoms with Crippen molar-refractivity contribution in [1.29, 1.82) is 0 Å². The molecule has 1 atom stereocenters. The lowest BCUT2D eigenvalue weighted by Gasteiger charge is -2.01. The first-order valence-corrected chi connectivity index (χ1v) is 2.60. The van der Waals surface area contributed by atoms with E-state index in [4.69, 9.17) is 10.5 Å². The van der Waals surface area contributed by atoms with Gasteiger partial charge in [-0.15, -0.1) is 12.4 Å². The van der Waals surface area contributed by atoms with Gasteiger partial charge in [-0.25, -0.2) is 0 Å². The molecule has 0 aliphatic rings. The van der Waals surface area contributed by atoms with Crippen LogP contribution in [0.4, 0.5) is 0 Å². The van der Waals surface area contributed by atoms with E-state index in [9.17, 15) is 0 Å². The number of hydrogen-bond acceptors (Lipinski definition) is 2. The monoisotopic (exact) mass is 139 g/mol. The van der Waals surface area contributed by atoms with E-state index in [2.05, 4.69) is 0 Å². The van der Waals surface area contributed by atoms with E-state index in [1.165, 1.54) is 0 Å². The van der Waals surface area contributed by atoms with Crippen LogP contribution in [-0.4, -0.2) is 19.3 Å². The Balaban J connectivity index is 0. The first kappa shape index (κ1) is 11.1. The first-order valence-electron chi connectivity index (χ1n) is 2.60. The Morgan fingerprint density at radius 1 is 1.62 bits per heavy atom. The molecule has 0 aromatic carbocycles. The number of halogens is 1. The first-order chi connectivity index (χ1) is 3.27. The van der Waals surface area contributed by atoms with Crippen molar-refractivity contribution in [2.75, 3.05) is 13.2 Å². The Kier molecular flexibility index (Phi) is 9.97. The summed E-state index contributed by atoms with van der Waals surface area (Å²) in [6.45, 7) is 5.33. The third-order valence-electron chi connectivity index (χ3n) is 0.585. The highest BCUT2D eigenvalue weighted by Crippen LogP contribution is 1.76. The molecule has 0 aromatic rings. The second kappa shape index (κ2) is 7.21. The van der Waals surface area contributed by atoms with Gasteiger partial charge < -0.3 is 10.5 Å². The molecule has 0 bridgehead atoms. The molecule has 8 heavy (non-hydrogen) atoms. The van der Waals surface area contributed by atoms with Gasteiger partial charge >= 0.3 is 0 Å². The van der Waals surface area contributed by atoms with Crippen LogP contribution in [0.5, 0.6) is 0 Å². The largest absolute Gasteiger partial charge is 0.380 e. The topological polar surface area (TPSA) is 35.2 Å². The zero-order valence-electron chi connectivity index (χ0n) is 5.39. The van der Waals surface area contributed by atoms with E-state index in [1.807, 2.05) is 13.8 Å². The van der Waals surface area contributed by atoms with Crippen molar-refractivity contribution >= 4 is 12.4 Å². The molecule has 0 saturated heterocycles. The fraction of sp³-hybridized carbons (Fsp3) is 1.00. The summed E-state index contributed by atoms with van der Waals surface area (Å²) in [5, 5.41) is 0. The van der Waals surface area contributed by atoms with Gasteiger partial charge in [0.1, 0.15) is 0 Å². The molecule has 0 aromatic heterocycles. The van der Waals surface area contributed by atoms with Gasteiger partial charge in [-0.05, 0) is 13.8 Å². The molecule has 0 amide bonds. The molecule has 3 heteroatoms. The van der Waals surface area contributed by atoms with Crippen LogP contribution in [0.15, 0.2) is 0 Å². The summed E-state index contributed by atoms with van der Waals surface area (Å²) in [5.74, 6) is 0. The van der Waals surface area contributed by atoms with Gasteiger partial charge in [-0.3, -0.25) is 0 Å². The molecule has 0 fully saturated rings. The summed E-state index contributed by atoms with van der Waals surface area (Å²) in [7, 11) is 0. The highest BCUT2D eigenvalue weighted by Gasteiger charge is 1.88. The minimum Gasteiger partial charge on any atom is -0.380 e. The SMILES string of the molecule is CCOCC(C)N.Cl. The van der Waals surface area contributed by atoms with E-state index in [1.54, 1.807) is 0 Å². The predicted octanol–water partition coefficient (Wildman–Crippen LogP) is 0.792. The van der Waals surface area contributed by atoms with Crippen molar-refractivity contribution in [1.82, 2.24) is 0 Å². The molecule has 2 nitrogen and oxygen atoms in total. The van der Waals surface area contributed by atoms with Crippen LogP contribution < -0.4 is 5.73 Å². The molecular weight excluding hydrogens is 126 g/mol. The zero-order valence-corrected chi connectivity index (χ0v) is 6.20. The van der Waals surface area contributed by atoms with Gasteiger partial charge in [-0.1, -0.05) is 0 Å². The maximum Gasteiger partial charge on any atom is 0.0614 e. The Bertz CT molecular complexity index is 41.4. The highest BCUT2D eigenvalue weighted by molar-refractivity contribution is 5.85.